The highest BCUT2D eigenvalue weighted by Crippen LogP contribution is 2.34. The third-order valence-electron chi connectivity index (χ3n) is 6.58. The van der Waals surface area contributed by atoms with Crippen molar-refractivity contribution in [2.45, 2.75) is 38.6 Å². The molecule has 32 heavy (non-hydrogen) atoms. The Morgan fingerprint density at radius 2 is 2.00 bits per heavy atom. The lowest BCUT2D eigenvalue weighted by Crippen LogP contribution is -2.17. The van der Waals surface area contributed by atoms with E-state index >= 15 is 0 Å². The Balaban J connectivity index is 1.69. The van der Waals surface area contributed by atoms with Crippen molar-refractivity contribution < 1.29 is 4.74 Å². The molecule has 0 saturated carbocycles. The summed E-state index contributed by atoms with van der Waals surface area (Å²) < 4.78 is 7.87. The second-order valence-electron chi connectivity index (χ2n) is 8.69. The maximum absolute atomic E-state index is 5.56. The number of ether oxygens (including phenoxy) is 1. The molecule has 0 amide bonds. The summed E-state index contributed by atoms with van der Waals surface area (Å²) in [7, 11) is 2.03. The second kappa shape index (κ2) is 8.36. The lowest BCUT2D eigenvalue weighted by Gasteiger charge is -2.25. The van der Waals surface area contributed by atoms with Crippen LogP contribution in [0, 0.1) is 0 Å². The number of nitrogens with zero attached hydrogens (tertiary/aromatic N) is 5. The molecule has 0 bridgehead atoms. The Kier molecular flexibility index (Phi) is 5.39. The van der Waals surface area contributed by atoms with Crippen molar-refractivity contribution in [3.05, 3.63) is 84.0 Å². The van der Waals surface area contributed by atoms with Gasteiger partial charge in [-0.1, -0.05) is 12.6 Å². The minimum Gasteiger partial charge on any atom is -0.381 e. The molecule has 0 spiro atoms. The minimum atomic E-state index is 0.0196. The zero-order chi connectivity index (χ0) is 22.2. The Labute approximate surface area is 189 Å². The van der Waals surface area contributed by atoms with Crippen molar-refractivity contribution >= 4 is 16.6 Å². The number of aromatic nitrogens is 4. The zero-order valence-electron chi connectivity index (χ0n) is 19.0. The summed E-state index contributed by atoms with van der Waals surface area (Å²) >= 11 is 0. The number of hydrogen-bond donors (Lipinski definition) is 0. The van der Waals surface area contributed by atoms with Gasteiger partial charge in [-0.15, -0.1) is 0 Å². The summed E-state index contributed by atoms with van der Waals surface area (Å²) in [5, 5.41) is 0. The van der Waals surface area contributed by atoms with E-state index < -0.39 is 0 Å². The minimum absolute atomic E-state index is 0.0196. The van der Waals surface area contributed by atoms with Gasteiger partial charge in [0.15, 0.2) is 0 Å². The highest BCUT2D eigenvalue weighted by atomic mass is 16.5. The van der Waals surface area contributed by atoms with E-state index in [-0.39, 0.29) is 6.04 Å². The van der Waals surface area contributed by atoms with E-state index in [1.807, 2.05) is 31.6 Å². The molecule has 1 atom stereocenters. The van der Waals surface area contributed by atoms with Crippen molar-refractivity contribution in [2.75, 3.05) is 20.3 Å². The molecule has 0 radical (unpaired) electrons. The number of hydrogen-bond acceptors (Lipinski definition) is 5. The van der Waals surface area contributed by atoms with Crippen molar-refractivity contribution in [1.82, 2.24) is 24.4 Å². The van der Waals surface area contributed by atoms with Crippen molar-refractivity contribution in [3.63, 3.8) is 0 Å². The third-order valence-corrected chi connectivity index (χ3v) is 6.58. The Bertz CT molecular complexity index is 1220. The maximum Gasteiger partial charge on any atom is 0.143 e. The Morgan fingerprint density at radius 3 is 2.72 bits per heavy atom. The average molecular weight is 428 g/mol. The molecular formula is C26H29N5O. The van der Waals surface area contributed by atoms with Crippen LogP contribution >= 0.6 is 0 Å². The number of rotatable bonds is 4. The molecule has 1 fully saturated rings. The van der Waals surface area contributed by atoms with Gasteiger partial charge in [0.1, 0.15) is 11.3 Å². The molecule has 0 unspecified atom stereocenters. The molecule has 164 valence electrons. The van der Waals surface area contributed by atoms with Crippen LogP contribution in [0.2, 0.25) is 0 Å². The molecule has 0 aliphatic carbocycles. The largest absolute Gasteiger partial charge is 0.381 e. The van der Waals surface area contributed by atoms with Crippen LogP contribution in [0.15, 0.2) is 66.8 Å². The number of pyridine rings is 2. The number of fused-ring (bicyclic) bond motifs is 1. The first-order chi connectivity index (χ1) is 15.5. The number of imidazole rings is 1. The van der Waals surface area contributed by atoms with Crippen LogP contribution < -0.4 is 0 Å². The smallest absolute Gasteiger partial charge is 0.143 e. The fourth-order valence-electron chi connectivity index (χ4n) is 4.62. The standard InChI is InChI=1S/C26H29N5O/c1-17-13-21(16-30(4)18(17)2)26-29-24-15-28-23(20-8-11-32-12-9-20)14-25(24)31(26)19(3)22-7-5-6-10-27-22/h5-7,10,13-16,19-20H,2,8-9,11-12H2,1,3-4H3/t19-/m0/s1. The predicted molar refractivity (Wildman–Crippen MR) is 127 cm³/mol. The van der Waals surface area contributed by atoms with Gasteiger partial charge in [0.2, 0.25) is 0 Å². The van der Waals surface area contributed by atoms with Crippen LogP contribution in [0.1, 0.15) is 55.9 Å². The van der Waals surface area contributed by atoms with Gasteiger partial charge in [0.25, 0.3) is 0 Å². The van der Waals surface area contributed by atoms with Crippen molar-refractivity contribution in [1.29, 1.82) is 0 Å². The molecule has 6 nitrogen and oxygen atoms in total. The van der Waals surface area contributed by atoms with Crippen LogP contribution in [0.5, 0.6) is 0 Å². The molecule has 3 aromatic heterocycles. The Morgan fingerprint density at radius 1 is 1.19 bits per heavy atom. The third kappa shape index (κ3) is 3.65. The summed E-state index contributed by atoms with van der Waals surface area (Å²) in [6.07, 6.45) is 10.1. The van der Waals surface area contributed by atoms with Gasteiger partial charge in [-0.25, -0.2) is 4.98 Å². The van der Waals surface area contributed by atoms with Gasteiger partial charge in [0, 0.05) is 55.5 Å². The maximum atomic E-state index is 5.56. The first kappa shape index (κ1) is 20.6. The van der Waals surface area contributed by atoms with E-state index in [0.717, 1.165) is 71.1 Å². The monoisotopic (exact) mass is 427 g/mol. The van der Waals surface area contributed by atoms with Crippen LogP contribution in [0.4, 0.5) is 0 Å². The predicted octanol–water partition coefficient (Wildman–Crippen LogP) is 5.08. The quantitative estimate of drug-likeness (QED) is 0.581. The van der Waals surface area contributed by atoms with Gasteiger partial charge in [0.05, 0.1) is 23.4 Å². The number of allylic oxidation sites excluding steroid dienone is 3. The molecule has 1 saturated heterocycles. The van der Waals surface area contributed by atoms with Crippen molar-refractivity contribution in [2.24, 2.45) is 0 Å². The molecule has 3 aromatic rings. The van der Waals surface area contributed by atoms with Crippen molar-refractivity contribution in [3.8, 4) is 0 Å². The molecule has 5 rings (SSSR count). The van der Waals surface area contributed by atoms with Crippen LogP contribution in [0.25, 0.3) is 16.6 Å². The van der Waals surface area contributed by atoms with Gasteiger partial charge in [-0.2, -0.15) is 0 Å². The van der Waals surface area contributed by atoms with Gasteiger partial charge in [-0.05, 0) is 56.5 Å². The van der Waals surface area contributed by atoms with E-state index in [1.54, 1.807) is 0 Å². The normalized spacial score (nSPS) is 18.6. The van der Waals surface area contributed by atoms with E-state index in [2.05, 4.69) is 59.3 Å². The SMILES string of the molecule is C=C1C(C)=CC(c2nc3cnc(C4CCOCC4)cc3n2[C@@H](C)c2ccccn2)=CN1C. The van der Waals surface area contributed by atoms with Gasteiger partial charge in [-0.3, -0.25) is 9.97 Å². The van der Waals surface area contributed by atoms with Gasteiger partial charge < -0.3 is 14.2 Å². The summed E-state index contributed by atoms with van der Waals surface area (Å²) in [5.41, 5.74) is 7.31. The first-order valence-corrected chi connectivity index (χ1v) is 11.2. The molecule has 0 N–H and O–H groups in total. The summed E-state index contributed by atoms with van der Waals surface area (Å²) in [6.45, 7) is 10.0. The lowest BCUT2D eigenvalue weighted by molar-refractivity contribution is 0.0845. The van der Waals surface area contributed by atoms with Crippen LogP contribution in [0.3, 0.4) is 0 Å². The highest BCUT2D eigenvalue weighted by molar-refractivity contribution is 5.83. The first-order valence-electron chi connectivity index (χ1n) is 11.2. The van der Waals surface area contributed by atoms with E-state index in [1.165, 1.54) is 0 Å². The highest BCUT2D eigenvalue weighted by Gasteiger charge is 2.24. The average Bonchev–Trinajstić information content (AvgIpc) is 3.21. The fraction of sp³-hybridized carbons (Fsp3) is 0.346. The lowest BCUT2D eigenvalue weighted by atomic mass is 9.96. The summed E-state index contributed by atoms with van der Waals surface area (Å²) in [6, 6.07) is 8.31. The summed E-state index contributed by atoms with van der Waals surface area (Å²) in [5.74, 6) is 1.35. The van der Waals surface area contributed by atoms with Gasteiger partial charge >= 0.3 is 0 Å². The van der Waals surface area contributed by atoms with E-state index in [4.69, 9.17) is 14.7 Å². The van der Waals surface area contributed by atoms with Crippen LogP contribution in [-0.4, -0.2) is 44.7 Å². The summed E-state index contributed by atoms with van der Waals surface area (Å²) in [4.78, 5) is 16.5. The molecule has 5 heterocycles. The molecule has 6 heteroatoms. The van der Waals surface area contributed by atoms with Crippen LogP contribution in [-0.2, 0) is 4.74 Å². The zero-order valence-corrected chi connectivity index (χ0v) is 19.0. The molecule has 0 aromatic carbocycles. The van der Waals surface area contributed by atoms with E-state index in [0.29, 0.717) is 5.92 Å². The molecular weight excluding hydrogens is 398 g/mol. The molecule has 2 aliphatic heterocycles. The second-order valence-corrected chi connectivity index (χ2v) is 8.69. The topological polar surface area (TPSA) is 56.1 Å². The Hall–Kier alpha value is -3.25. The molecule has 2 aliphatic rings. The number of likely N-dealkylation sites (N-methyl/N-ethyl adjacent to an activating group) is 1. The van der Waals surface area contributed by atoms with E-state index in [9.17, 15) is 0 Å². The fourth-order valence-corrected chi connectivity index (χ4v) is 4.62.